The molecule has 3 rings (SSSR count). The second kappa shape index (κ2) is 6.79. The van der Waals surface area contributed by atoms with Gasteiger partial charge in [0.2, 0.25) is 0 Å². The van der Waals surface area contributed by atoms with E-state index in [2.05, 4.69) is 26.8 Å². The number of hydrogen-bond donors (Lipinski definition) is 1. The predicted molar refractivity (Wildman–Crippen MR) is 108 cm³/mol. The van der Waals surface area contributed by atoms with Crippen LogP contribution in [-0.4, -0.2) is 16.7 Å². The highest BCUT2D eigenvalue weighted by Crippen LogP contribution is 2.52. The van der Waals surface area contributed by atoms with Gasteiger partial charge >= 0.3 is 5.97 Å². The van der Waals surface area contributed by atoms with Crippen LogP contribution in [0.5, 0.6) is 0 Å². The van der Waals surface area contributed by atoms with E-state index >= 15 is 0 Å². The van der Waals surface area contributed by atoms with Crippen molar-refractivity contribution >= 4 is 22.9 Å². The molecule has 0 aromatic carbocycles. The molecule has 1 atom stereocenters. The Morgan fingerprint density at radius 1 is 1.35 bits per heavy atom. The minimum Gasteiger partial charge on any atom is -0.479 e. The summed E-state index contributed by atoms with van der Waals surface area (Å²) >= 11 is 1.79. The van der Waals surface area contributed by atoms with Crippen LogP contribution in [-0.2, 0) is 9.53 Å². The van der Waals surface area contributed by atoms with E-state index in [9.17, 15) is 9.90 Å². The van der Waals surface area contributed by atoms with Crippen LogP contribution < -0.4 is 0 Å². The van der Waals surface area contributed by atoms with Crippen molar-refractivity contribution in [3.8, 4) is 0 Å². The molecule has 1 aromatic heterocycles. The van der Waals surface area contributed by atoms with Crippen LogP contribution in [0.3, 0.4) is 0 Å². The van der Waals surface area contributed by atoms with Crippen LogP contribution in [0.2, 0.25) is 0 Å². The molecule has 2 aliphatic rings. The second-order valence-corrected chi connectivity index (χ2v) is 10.9. The predicted octanol–water partition coefficient (Wildman–Crippen LogP) is 6.47. The lowest BCUT2D eigenvalue weighted by molar-refractivity contribution is -0.160. The van der Waals surface area contributed by atoms with Gasteiger partial charge in [-0.05, 0) is 82.3 Å². The van der Waals surface area contributed by atoms with Gasteiger partial charge < -0.3 is 9.84 Å². The Kier molecular flexibility index (Phi) is 5.13. The first-order valence-electron chi connectivity index (χ1n) is 9.72. The van der Waals surface area contributed by atoms with Crippen LogP contribution in [0.25, 0.3) is 5.57 Å². The van der Waals surface area contributed by atoms with Gasteiger partial charge in [0.1, 0.15) is 0 Å². The molecule has 0 aliphatic heterocycles. The van der Waals surface area contributed by atoms with E-state index in [4.69, 9.17) is 4.74 Å². The lowest BCUT2D eigenvalue weighted by Crippen LogP contribution is -2.28. The Hall–Kier alpha value is -1.13. The summed E-state index contributed by atoms with van der Waals surface area (Å²) in [7, 11) is 0. The van der Waals surface area contributed by atoms with Crippen molar-refractivity contribution in [2.75, 3.05) is 0 Å². The largest absolute Gasteiger partial charge is 0.479 e. The molecular formula is C22H32O3S. The van der Waals surface area contributed by atoms with E-state index in [-0.39, 0.29) is 0 Å². The molecule has 1 aromatic rings. The molecule has 3 nitrogen and oxygen atoms in total. The topological polar surface area (TPSA) is 46.5 Å². The van der Waals surface area contributed by atoms with Gasteiger partial charge in [-0.1, -0.05) is 19.9 Å². The number of thiophene rings is 1. The lowest BCUT2D eigenvalue weighted by Gasteiger charge is -2.31. The molecule has 0 saturated heterocycles. The molecule has 2 aliphatic carbocycles. The zero-order chi connectivity index (χ0) is 19.3. The maximum Gasteiger partial charge on any atom is 0.337 e. The van der Waals surface area contributed by atoms with Crippen molar-refractivity contribution in [2.24, 2.45) is 5.41 Å². The van der Waals surface area contributed by atoms with Gasteiger partial charge in [0.25, 0.3) is 0 Å². The third-order valence-electron chi connectivity index (χ3n) is 5.36. The smallest absolute Gasteiger partial charge is 0.337 e. The first-order chi connectivity index (χ1) is 12.0. The van der Waals surface area contributed by atoms with E-state index in [1.807, 2.05) is 20.8 Å². The number of hydrogen-bond acceptors (Lipinski definition) is 3. The Bertz CT molecular complexity index is 729. The van der Waals surface area contributed by atoms with Gasteiger partial charge in [0.05, 0.1) is 5.60 Å². The summed E-state index contributed by atoms with van der Waals surface area (Å²) in [5.41, 5.74) is 3.29. The van der Waals surface area contributed by atoms with Gasteiger partial charge in [-0.2, -0.15) is 0 Å². The van der Waals surface area contributed by atoms with Crippen molar-refractivity contribution in [2.45, 2.75) is 91.3 Å². The molecular weight excluding hydrogens is 344 g/mol. The summed E-state index contributed by atoms with van der Waals surface area (Å²) < 4.78 is 6.03. The van der Waals surface area contributed by atoms with Crippen molar-refractivity contribution in [1.29, 1.82) is 0 Å². The molecule has 1 saturated carbocycles. The molecule has 1 heterocycles. The summed E-state index contributed by atoms with van der Waals surface area (Å²) in [6.07, 6.45) is 7.14. The standard InChI is InChI=1S/C22H32O3S/c1-13-16(18(20(23)24)25-21(2,3)4)17(19(26-13)15-7-8-15)14-9-11-22(5,6)12-10-14/h9,15,18H,7-8,10-12H2,1-6H3,(H,23,24). The molecule has 0 spiro atoms. The highest BCUT2D eigenvalue weighted by Gasteiger charge is 2.38. The van der Waals surface area contributed by atoms with Crippen LogP contribution in [0.15, 0.2) is 6.08 Å². The van der Waals surface area contributed by atoms with E-state index < -0.39 is 17.7 Å². The van der Waals surface area contributed by atoms with Crippen LogP contribution in [0, 0.1) is 12.3 Å². The minimum absolute atomic E-state index is 0.336. The average Bonchev–Trinajstić information content (AvgIpc) is 3.28. The van der Waals surface area contributed by atoms with Gasteiger partial charge in [-0.15, -0.1) is 11.3 Å². The number of aliphatic carboxylic acids is 1. The summed E-state index contributed by atoms with van der Waals surface area (Å²) in [6, 6.07) is 0. The van der Waals surface area contributed by atoms with Gasteiger partial charge in [-0.3, -0.25) is 0 Å². The zero-order valence-corrected chi connectivity index (χ0v) is 17.8. The van der Waals surface area contributed by atoms with Crippen LogP contribution in [0.4, 0.5) is 0 Å². The molecule has 0 amide bonds. The Labute approximate surface area is 161 Å². The van der Waals surface area contributed by atoms with E-state index in [0.717, 1.165) is 29.7 Å². The molecule has 26 heavy (non-hydrogen) atoms. The fourth-order valence-electron chi connectivity index (χ4n) is 3.75. The number of rotatable bonds is 5. The lowest BCUT2D eigenvalue weighted by atomic mass is 9.76. The SMILES string of the molecule is Cc1sc(C2CC2)c(C2=CCC(C)(C)CC2)c1C(OC(C)(C)C)C(=O)O. The first kappa shape index (κ1) is 19.6. The Morgan fingerprint density at radius 2 is 2.00 bits per heavy atom. The number of carboxylic acids is 1. The Balaban J connectivity index is 2.10. The molecule has 1 fully saturated rings. The maximum atomic E-state index is 12.1. The van der Waals surface area contributed by atoms with Crippen molar-refractivity contribution < 1.29 is 14.6 Å². The van der Waals surface area contributed by atoms with Gasteiger partial charge in [0.15, 0.2) is 6.10 Å². The number of aryl methyl sites for hydroxylation is 1. The fourth-order valence-corrected chi connectivity index (χ4v) is 5.14. The molecule has 144 valence electrons. The average molecular weight is 377 g/mol. The summed E-state index contributed by atoms with van der Waals surface area (Å²) in [5.74, 6) is -0.275. The van der Waals surface area contributed by atoms with Gasteiger partial charge in [0, 0.05) is 15.3 Å². The number of carboxylic acid groups (broad SMARTS) is 1. The molecule has 0 bridgehead atoms. The van der Waals surface area contributed by atoms with Crippen LogP contribution in [0.1, 0.15) is 99.6 Å². The first-order valence-corrected chi connectivity index (χ1v) is 10.5. The van der Waals surface area contributed by atoms with Crippen LogP contribution >= 0.6 is 11.3 Å². The van der Waals surface area contributed by atoms with Gasteiger partial charge in [-0.25, -0.2) is 4.79 Å². The molecule has 4 heteroatoms. The molecule has 0 radical (unpaired) electrons. The summed E-state index contributed by atoms with van der Waals surface area (Å²) in [5, 5.41) is 9.94. The molecule has 1 unspecified atom stereocenters. The number of allylic oxidation sites excluding steroid dienone is 2. The monoisotopic (exact) mass is 376 g/mol. The summed E-state index contributed by atoms with van der Waals surface area (Å²) in [4.78, 5) is 14.6. The van der Waals surface area contributed by atoms with Crippen molar-refractivity contribution in [1.82, 2.24) is 0 Å². The Morgan fingerprint density at radius 3 is 2.46 bits per heavy atom. The van der Waals surface area contributed by atoms with Crippen molar-refractivity contribution in [3.63, 3.8) is 0 Å². The van der Waals surface area contributed by atoms with Crippen molar-refractivity contribution in [3.05, 3.63) is 27.0 Å². The highest BCUT2D eigenvalue weighted by molar-refractivity contribution is 7.12. The maximum absolute atomic E-state index is 12.1. The normalized spacial score (nSPS) is 21.4. The third kappa shape index (κ3) is 4.23. The molecule has 1 N–H and O–H groups in total. The highest BCUT2D eigenvalue weighted by atomic mass is 32.1. The quantitative estimate of drug-likeness (QED) is 0.640. The fraction of sp³-hybridized carbons (Fsp3) is 0.682. The number of ether oxygens (including phenoxy) is 1. The minimum atomic E-state index is -0.899. The number of carbonyl (C=O) groups is 1. The van der Waals surface area contributed by atoms with E-state index in [0.29, 0.717) is 11.3 Å². The summed E-state index contributed by atoms with van der Waals surface area (Å²) in [6.45, 7) is 12.5. The second-order valence-electron chi connectivity index (χ2n) is 9.63. The zero-order valence-electron chi connectivity index (χ0n) is 16.9. The van der Waals surface area contributed by atoms with E-state index in [1.54, 1.807) is 11.3 Å². The third-order valence-corrected chi connectivity index (χ3v) is 6.64. The van der Waals surface area contributed by atoms with E-state index in [1.165, 1.54) is 28.9 Å².